The largest absolute Gasteiger partial charge is 0.481 e. The number of aliphatic hydroxyl groups excluding tert-OH is 1. The zero-order valence-electron chi connectivity index (χ0n) is 15.8. The molecule has 0 aliphatic rings. The molecule has 0 spiro atoms. The van der Waals surface area contributed by atoms with Gasteiger partial charge in [0, 0.05) is 0 Å². The molecule has 0 fully saturated rings. The van der Waals surface area contributed by atoms with E-state index in [-0.39, 0.29) is 0 Å². The van der Waals surface area contributed by atoms with Gasteiger partial charge in [-0.3, -0.25) is 9.59 Å². The summed E-state index contributed by atoms with van der Waals surface area (Å²) in [4.78, 5) is 22.0. The van der Waals surface area contributed by atoms with Crippen molar-refractivity contribution in [2.45, 2.75) is 98.0 Å². The van der Waals surface area contributed by atoms with Crippen molar-refractivity contribution < 1.29 is 24.9 Å². The minimum atomic E-state index is -1.08. The first kappa shape index (κ1) is 22.9. The number of hydrogen-bond donors (Lipinski definition) is 3. The maximum absolute atomic E-state index is 11.0. The summed E-state index contributed by atoms with van der Waals surface area (Å²) < 4.78 is 0. The molecule has 3 N–H and O–H groups in total. The van der Waals surface area contributed by atoms with E-state index >= 15 is 0 Å². The van der Waals surface area contributed by atoms with Crippen LogP contribution in [0.25, 0.3) is 0 Å². The second-order valence-corrected chi connectivity index (χ2v) is 8.10. The Bertz CT molecular complexity index is 387. The second kappa shape index (κ2) is 10.7. The van der Waals surface area contributed by atoms with Gasteiger partial charge < -0.3 is 15.3 Å². The highest BCUT2D eigenvalue weighted by atomic mass is 16.4. The van der Waals surface area contributed by atoms with Crippen molar-refractivity contribution in [2.24, 2.45) is 10.8 Å². The lowest BCUT2D eigenvalue weighted by Gasteiger charge is -2.25. The monoisotopic (exact) mass is 344 g/mol. The summed E-state index contributed by atoms with van der Waals surface area (Å²) in [6.07, 6.45) is 8.86. The molecule has 0 saturated carbocycles. The third kappa shape index (κ3) is 8.67. The van der Waals surface area contributed by atoms with Crippen molar-refractivity contribution in [3.05, 3.63) is 0 Å². The standard InChI is InChI=1S/C19H36O5/c1-18(2,16(21)22)14-12-10-8-6-5-7-9-11-13-15(20)19(3,4)17(23)24/h15,20H,5-14H2,1-4H3,(H,21,22)(H,23,24). The summed E-state index contributed by atoms with van der Waals surface area (Å²) in [5.74, 6) is -1.68. The Kier molecular flexibility index (Phi) is 10.2. The molecule has 0 aliphatic carbocycles. The Labute approximate surface area is 146 Å². The van der Waals surface area contributed by atoms with Crippen LogP contribution in [0.4, 0.5) is 0 Å². The van der Waals surface area contributed by atoms with Gasteiger partial charge in [0.15, 0.2) is 0 Å². The van der Waals surface area contributed by atoms with Crippen LogP contribution in [-0.2, 0) is 9.59 Å². The SMILES string of the molecule is CC(C)(CCCCCCCCCCC(O)C(C)(C)C(=O)O)C(=O)O. The van der Waals surface area contributed by atoms with E-state index in [9.17, 15) is 14.7 Å². The molecule has 24 heavy (non-hydrogen) atoms. The molecule has 0 rings (SSSR count). The molecule has 5 nitrogen and oxygen atoms in total. The van der Waals surface area contributed by atoms with Gasteiger partial charge in [0.05, 0.1) is 16.9 Å². The van der Waals surface area contributed by atoms with Crippen molar-refractivity contribution >= 4 is 11.9 Å². The number of aliphatic carboxylic acids is 2. The van der Waals surface area contributed by atoms with E-state index in [0.29, 0.717) is 6.42 Å². The molecule has 0 radical (unpaired) electrons. The predicted molar refractivity (Wildman–Crippen MR) is 95.0 cm³/mol. The Morgan fingerprint density at radius 2 is 1.17 bits per heavy atom. The van der Waals surface area contributed by atoms with Crippen LogP contribution in [0.1, 0.15) is 91.9 Å². The quantitative estimate of drug-likeness (QED) is 0.404. The summed E-state index contributed by atoms with van der Waals surface area (Å²) in [5, 5.41) is 28.0. The van der Waals surface area contributed by atoms with Crippen molar-refractivity contribution in [3.8, 4) is 0 Å². The number of aliphatic hydroxyl groups is 1. The minimum absolute atomic E-state index is 0.531. The summed E-state index contributed by atoms with van der Waals surface area (Å²) in [6, 6.07) is 0. The van der Waals surface area contributed by atoms with Gasteiger partial charge in [-0.1, -0.05) is 51.4 Å². The van der Waals surface area contributed by atoms with Gasteiger partial charge >= 0.3 is 11.9 Å². The second-order valence-electron chi connectivity index (χ2n) is 8.10. The van der Waals surface area contributed by atoms with Crippen LogP contribution in [0.2, 0.25) is 0 Å². The molecule has 0 saturated heterocycles. The molecule has 0 heterocycles. The Hall–Kier alpha value is -1.10. The Morgan fingerprint density at radius 1 is 0.750 bits per heavy atom. The van der Waals surface area contributed by atoms with Crippen molar-refractivity contribution in [3.63, 3.8) is 0 Å². The van der Waals surface area contributed by atoms with Crippen LogP contribution in [0.3, 0.4) is 0 Å². The third-order valence-corrected chi connectivity index (χ3v) is 4.99. The molecule has 0 bridgehead atoms. The van der Waals surface area contributed by atoms with Gasteiger partial charge in [-0.2, -0.15) is 0 Å². The van der Waals surface area contributed by atoms with E-state index in [4.69, 9.17) is 10.2 Å². The van der Waals surface area contributed by atoms with E-state index in [1.165, 1.54) is 0 Å². The molecule has 1 unspecified atom stereocenters. The fourth-order valence-corrected chi connectivity index (χ4v) is 2.58. The van der Waals surface area contributed by atoms with Gasteiger partial charge in [-0.25, -0.2) is 0 Å². The van der Waals surface area contributed by atoms with Gasteiger partial charge in [0.2, 0.25) is 0 Å². The van der Waals surface area contributed by atoms with E-state index in [1.54, 1.807) is 27.7 Å². The topological polar surface area (TPSA) is 94.8 Å². The number of carbonyl (C=O) groups is 2. The van der Waals surface area contributed by atoms with Crippen LogP contribution in [0.5, 0.6) is 0 Å². The molecule has 0 aromatic heterocycles. The molecule has 5 heteroatoms. The molecule has 0 aromatic rings. The van der Waals surface area contributed by atoms with Gasteiger partial charge in [-0.15, -0.1) is 0 Å². The molecular formula is C19H36O5. The summed E-state index contributed by atoms with van der Waals surface area (Å²) in [5.41, 5.74) is -1.70. The lowest BCUT2D eigenvalue weighted by Crippen LogP contribution is -2.36. The summed E-state index contributed by atoms with van der Waals surface area (Å²) in [7, 11) is 0. The van der Waals surface area contributed by atoms with Gasteiger partial charge in [-0.05, 0) is 40.5 Å². The molecule has 0 aliphatic heterocycles. The Balaban J connectivity index is 3.56. The zero-order chi connectivity index (χ0) is 18.8. The van der Waals surface area contributed by atoms with Gasteiger partial charge in [0.1, 0.15) is 0 Å². The van der Waals surface area contributed by atoms with Crippen molar-refractivity contribution in [2.75, 3.05) is 0 Å². The number of rotatable bonds is 14. The predicted octanol–water partition coefficient (Wildman–Crippen LogP) is 4.47. The maximum Gasteiger partial charge on any atom is 0.311 e. The fourth-order valence-electron chi connectivity index (χ4n) is 2.58. The first-order valence-electron chi connectivity index (χ1n) is 9.16. The van der Waals surface area contributed by atoms with E-state index in [0.717, 1.165) is 57.8 Å². The number of hydrogen-bond acceptors (Lipinski definition) is 3. The normalized spacial score (nSPS) is 13.7. The highest BCUT2D eigenvalue weighted by molar-refractivity contribution is 5.74. The number of carboxylic acid groups (broad SMARTS) is 2. The summed E-state index contributed by atoms with van der Waals surface area (Å²) in [6.45, 7) is 6.67. The molecular weight excluding hydrogens is 308 g/mol. The average Bonchev–Trinajstić information content (AvgIpc) is 2.48. The lowest BCUT2D eigenvalue weighted by atomic mass is 9.84. The average molecular weight is 344 g/mol. The van der Waals surface area contributed by atoms with Crippen molar-refractivity contribution in [1.82, 2.24) is 0 Å². The lowest BCUT2D eigenvalue weighted by molar-refractivity contribution is -0.153. The molecule has 0 aromatic carbocycles. The van der Waals surface area contributed by atoms with E-state index in [1.807, 2.05) is 0 Å². The molecule has 142 valence electrons. The number of unbranched alkanes of at least 4 members (excludes halogenated alkanes) is 7. The first-order chi connectivity index (χ1) is 11.0. The summed E-state index contributed by atoms with van der Waals surface area (Å²) >= 11 is 0. The first-order valence-corrected chi connectivity index (χ1v) is 9.16. The van der Waals surface area contributed by atoms with Crippen molar-refractivity contribution in [1.29, 1.82) is 0 Å². The Morgan fingerprint density at radius 3 is 1.58 bits per heavy atom. The van der Waals surface area contributed by atoms with Crippen LogP contribution >= 0.6 is 0 Å². The molecule has 1 atom stereocenters. The third-order valence-electron chi connectivity index (χ3n) is 4.99. The highest BCUT2D eigenvalue weighted by Gasteiger charge is 2.35. The zero-order valence-corrected chi connectivity index (χ0v) is 15.8. The highest BCUT2D eigenvalue weighted by Crippen LogP contribution is 2.26. The maximum atomic E-state index is 11.0. The fraction of sp³-hybridized carbons (Fsp3) is 0.895. The van der Waals surface area contributed by atoms with Crippen LogP contribution in [0.15, 0.2) is 0 Å². The van der Waals surface area contributed by atoms with Crippen LogP contribution in [0, 0.1) is 10.8 Å². The van der Waals surface area contributed by atoms with Gasteiger partial charge in [0.25, 0.3) is 0 Å². The smallest absolute Gasteiger partial charge is 0.311 e. The molecule has 0 amide bonds. The number of carboxylic acids is 2. The van der Waals surface area contributed by atoms with Crippen LogP contribution < -0.4 is 0 Å². The minimum Gasteiger partial charge on any atom is -0.481 e. The van der Waals surface area contributed by atoms with E-state index in [2.05, 4.69) is 0 Å². The van der Waals surface area contributed by atoms with Crippen LogP contribution in [-0.4, -0.2) is 33.4 Å². The van der Waals surface area contributed by atoms with E-state index < -0.39 is 28.9 Å².